The number of carbonyl (C=O) groups excluding carboxylic acids is 1. The van der Waals surface area contributed by atoms with Gasteiger partial charge in [0.05, 0.1) is 0 Å². The summed E-state index contributed by atoms with van der Waals surface area (Å²) >= 11 is 0. The molecule has 0 radical (unpaired) electrons. The van der Waals surface area contributed by atoms with Gasteiger partial charge in [0, 0.05) is 12.5 Å². The van der Waals surface area contributed by atoms with E-state index >= 15 is 0 Å². The summed E-state index contributed by atoms with van der Waals surface area (Å²) in [6, 6.07) is 0.447. The molecule has 1 fully saturated rings. The minimum absolute atomic E-state index is 0.106. The van der Waals surface area contributed by atoms with Gasteiger partial charge in [-0.05, 0) is 18.3 Å². The highest BCUT2D eigenvalue weighted by Gasteiger charge is 2.19. The average Bonchev–Trinajstić information content (AvgIpc) is 2.28. The van der Waals surface area contributed by atoms with Crippen LogP contribution in [0, 0.1) is 5.41 Å². The van der Waals surface area contributed by atoms with E-state index in [-0.39, 0.29) is 11.3 Å². The Hall–Kier alpha value is -0.530. The molecule has 1 rings (SSSR count). The van der Waals surface area contributed by atoms with Crippen LogP contribution in [-0.4, -0.2) is 11.9 Å². The summed E-state index contributed by atoms with van der Waals surface area (Å²) in [7, 11) is 0. The Labute approximate surface area is 93.8 Å². The third kappa shape index (κ3) is 5.81. The highest BCUT2D eigenvalue weighted by molar-refractivity contribution is 5.76. The smallest absolute Gasteiger partial charge is 0.220 e. The second kappa shape index (κ2) is 5.53. The number of rotatable bonds is 2. The normalized spacial score (nSPS) is 19.7. The zero-order valence-electron chi connectivity index (χ0n) is 10.4. The molecule has 0 aromatic heterocycles. The number of hydrogen-bond donors (Lipinski definition) is 1. The fourth-order valence-electron chi connectivity index (χ4n) is 2.18. The zero-order valence-corrected chi connectivity index (χ0v) is 10.4. The van der Waals surface area contributed by atoms with Crippen LogP contribution in [0.5, 0.6) is 0 Å². The molecule has 0 spiro atoms. The molecule has 0 aromatic rings. The quantitative estimate of drug-likeness (QED) is 0.698. The molecule has 0 saturated heterocycles. The van der Waals surface area contributed by atoms with Gasteiger partial charge in [0.2, 0.25) is 5.91 Å². The fraction of sp³-hybridized carbons (Fsp3) is 0.923. The molecule has 2 heteroatoms. The van der Waals surface area contributed by atoms with Crippen LogP contribution in [0.4, 0.5) is 0 Å². The molecule has 1 amide bonds. The van der Waals surface area contributed by atoms with Gasteiger partial charge in [-0.3, -0.25) is 4.79 Å². The fourth-order valence-corrected chi connectivity index (χ4v) is 2.18. The van der Waals surface area contributed by atoms with Gasteiger partial charge in [0.25, 0.3) is 0 Å². The van der Waals surface area contributed by atoms with Crippen LogP contribution < -0.4 is 5.32 Å². The molecule has 88 valence electrons. The third-order valence-corrected chi connectivity index (χ3v) is 2.91. The van der Waals surface area contributed by atoms with E-state index in [1.165, 1.54) is 38.5 Å². The molecule has 1 saturated carbocycles. The van der Waals surface area contributed by atoms with Crippen LogP contribution in [0.1, 0.15) is 65.7 Å². The Morgan fingerprint density at radius 3 is 2.13 bits per heavy atom. The van der Waals surface area contributed by atoms with Gasteiger partial charge in [-0.15, -0.1) is 0 Å². The van der Waals surface area contributed by atoms with Crippen molar-refractivity contribution in [3.8, 4) is 0 Å². The molecule has 1 aliphatic carbocycles. The Balaban J connectivity index is 2.30. The highest BCUT2D eigenvalue weighted by Crippen LogP contribution is 2.20. The van der Waals surface area contributed by atoms with Crippen LogP contribution in [0.15, 0.2) is 0 Å². The van der Waals surface area contributed by atoms with Crippen molar-refractivity contribution in [1.29, 1.82) is 0 Å². The van der Waals surface area contributed by atoms with Crippen molar-refractivity contribution in [3.63, 3.8) is 0 Å². The number of hydrogen-bond acceptors (Lipinski definition) is 1. The summed E-state index contributed by atoms with van der Waals surface area (Å²) in [6.07, 6.45) is 8.23. The minimum Gasteiger partial charge on any atom is -0.353 e. The summed E-state index contributed by atoms with van der Waals surface area (Å²) in [4.78, 5) is 11.7. The first kappa shape index (κ1) is 12.5. The lowest BCUT2D eigenvalue weighted by molar-refractivity contribution is -0.123. The number of amides is 1. The number of nitrogens with one attached hydrogen (secondary N) is 1. The molecule has 1 aliphatic rings. The molecule has 0 bridgehead atoms. The van der Waals surface area contributed by atoms with Gasteiger partial charge in [-0.1, -0.05) is 46.5 Å². The molecular weight excluding hydrogens is 186 g/mol. The lowest BCUT2D eigenvalue weighted by Gasteiger charge is -2.21. The van der Waals surface area contributed by atoms with E-state index in [9.17, 15) is 4.79 Å². The molecule has 0 aromatic carbocycles. The molecule has 15 heavy (non-hydrogen) atoms. The van der Waals surface area contributed by atoms with Gasteiger partial charge in [0.1, 0.15) is 0 Å². The molecule has 0 unspecified atom stereocenters. The molecule has 1 N–H and O–H groups in total. The maximum Gasteiger partial charge on any atom is 0.220 e. The van der Waals surface area contributed by atoms with E-state index in [1.807, 2.05) is 0 Å². The van der Waals surface area contributed by atoms with Crippen LogP contribution >= 0.6 is 0 Å². The Kier molecular flexibility index (Phi) is 4.62. The van der Waals surface area contributed by atoms with E-state index in [1.54, 1.807) is 0 Å². The summed E-state index contributed by atoms with van der Waals surface area (Å²) < 4.78 is 0. The maximum absolute atomic E-state index is 11.7. The predicted molar refractivity (Wildman–Crippen MR) is 63.7 cm³/mol. The van der Waals surface area contributed by atoms with Crippen LogP contribution in [0.25, 0.3) is 0 Å². The topological polar surface area (TPSA) is 29.1 Å². The lowest BCUT2D eigenvalue weighted by atomic mass is 9.91. The van der Waals surface area contributed by atoms with Gasteiger partial charge < -0.3 is 5.32 Å². The first-order valence-corrected chi connectivity index (χ1v) is 6.27. The monoisotopic (exact) mass is 211 g/mol. The molecule has 2 nitrogen and oxygen atoms in total. The highest BCUT2D eigenvalue weighted by atomic mass is 16.1. The molecule has 0 aliphatic heterocycles. The Morgan fingerprint density at radius 2 is 1.67 bits per heavy atom. The number of carbonyl (C=O) groups is 1. The van der Waals surface area contributed by atoms with E-state index in [2.05, 4.69) is 26.1 Å². The predicted octanol–water partition coefficient (Wildman–Crippen LogP) is 3.26. The van der Waals surface area contributed by atoms with Crippen molar-refractivity contribution in [2.75, 3.05) is 0 Å². The molecule has 0 heterocycles. The molecular formula is C13H25NO. The lowest BCUT2D eigenvalue weighted by Crippen LogP contribution is -2.36. The summed E-state index contributed by atoms with van der Waals surface area (Å²) in [5, 5.41) is 3.18. The van der Waals surface area contributed by atoms with E-state index in [0.29, 0.717) is 12.5 Å². The first-order valence-electron chi connectivity index (χ1n) is 6.27. The second-order valence-corrected chi connectivity index (χ2v) is 5.99. The zero-order chi connectivity index (χ0) is 11.3. The van der Waals surface area contributed by atoms with Crippen molar-refractivity contribution in [2.24, 2.45) is 5.41 Å². The minimum atomic E-state index is 0.106. The third-order valence-electron chi connectivity index (χ3n) is 2.91. The summed E-state index contributed by atoms with van der Waals surface area (Å²) in [5.41, 5.74) is 0.106. The van der Waals surface area contributed by atoms with Crippen molar-refractivity contribution >= 4 is 5.91 Å². The summed E-state index contributed by atoms with van der Waals surface area (Å²) in [5.74, 6) is 0.231. The van der Waals surface area contributed by atoms with Gasteiger partial charge in [-0.2, -0.15) is 0 Å². The van der Waals surface area contributed by atoms with Crippen molar-refractivity contribution in [3.05, 3.63) is 0 Å². The van der Waals surface area contributed by atoms with Crippen LogP contribution in [-0.2, 0) is 4.79 Å². The summed E-state index contributed by atoms with van der Waals surface area (Å²) in [6.45, 7) is 6.33. The Morgan fingerprint density at radius 1 is 1.13 bits per heavy atom. The van der Waals surface area contributed by atoms with E-state index < -0.39 is 0 Å². The van der Waals surface area contributed by atoms with Crippen molar-refractivity contribution in [1.82, 2.24) is 5.32 Å². The van der Waals surface area contributed by atoms with Crippen molar-refractivity contribution < 1.29 is 4.79 Å². The average molecular weight is 211 g/mol. The van der Waals surface area contributed by atoms with Crippen LogP contribution in [0.3, 0.4) is 0 Å². The second-order valence-electron chi connectivity index (χ2n) is 5.99. The first-order chi connectivity index (χ1) is 6.97. The van der Waals surface area contributed by atoms with Gasteiger partial charge in [-0.25, -0.2) is 0 Å². The Bertz CT molecular complexity index is 197. The maximum atomic E-state index is 11.7. The van der Waals surface area contributed by atoms with Crippen molar-refractivity contribution in [2.45, 2.75) is 71.8 Å². The standard InChI is InChI=1S/C13H25NO/c1-13(2,3)10-12(15)14-11-8-6-4-5-7-9-11/h11H,4-10H2,1-3H3,(H,14,15). The SMILES string of the molecule is CC(C)(C)CC(=O)NC1CCCCCC1. The van der Waals surface area contributed by atoms with E-state index in [0.717, 1.165) is 0 Å². The van der Waals surface area contributed by atoms with Crippen LogP contribution in [0.2, 0.25) is 0 Å². The molecule has 0 atom stereocenters. The van der Waals surface area contributed by atoms with Gasteiger partial charge in [0.15, 0.2) is 0 Å². The van der Waals surface area contributed by atoms with Gasteiger partial charge >= 0.3 is 0 Å². The van der Waals surface area contributed by atoms with E-state index in [4.69, 9.17) is 0 Å². The largest absolute Gasteiger partial charge is 0.353 e.